The molecule has 1 N–H and O–H groups in total. The SMILES string of the molecule is Cc1noc2nc(-c3ccccc3)cc(C(=O)NCC3OCCc4ccccc43)c12. The Bertz CT molecular complexity index is 1220. The first-order chi connectivity index (χ1) is 14.7. The van der Waals surface area contributed by atoms with Crippen LogP contribution < -0.4 is 5.32 Å². The Labute approximate surface area is 173 Å². The second kappa shape index (κ2) is 7.72. The molecule has 1 unspecified atom stereocenters. The average Bonchev–Trinajstić information content (AvgIpc) is 3.18. The van der Waals surface area contributed by atoms with E-state index < -0.39 is 0 Å². The summed E-state index contributed by atoms with van der Waals surface area (Å²) in [4.78, 5) is 17.7. The van der Waals surface area contributed by atoms with Crippen LogP contribution in [-0.4, -0.2) is 29.2 Å². The third kappa shape index (κ3) is 3.35. The number of aromatic nitrogens is 2. The standard InChI is InChI=1S/C24H21N3O3/c1-15-22-19(13-20(26-24(22)30-27-15)17-8-3-2-4-9-17)23(28)25-14-21-18-10-6-5-7-16(18)11-12-29-21/h2-10,13,21H,11-12,14H2,1H3,(H,25,28). The fourth-order valence-corrected chi connectivity index (χ4v) is 3.96. The molecular formula is C24H21N3O3. The molecule has 1 aliphatic heterocycles. The van der Waals surface area contributed by atoms with E-state index in [1.807, 2.05) is 49.4 Å². The van der Waals surface area contributed by atoms with Gasteiger partial charge >= 0.3 is 0 Å². The van der Waals surface area contributed by atoms with Gasteiger partial charge in [0.1, 0.15) is 6.10 Å². The van der Waals surface area contributed by atoms with Crippen LogP contribution in [0.25, 0.3) is 22.4 Å². The summed E-state index contributed by atoms with van der Waals surface area (Å²) in [5.41, 5.74) is 5.49. The van der Waals surface area contributed by atoms with E-state index >= 15 is 0 Å². The highest BCUT2D eigenvalue weighted by molar-refractivity contribution is 6.07. The maximum atomic E-state index is 13.2. The van der Waals surface area contributed by atoms with Crippen LogP contribution in [0.15, 0.2) is 65.2 Å². The van der Waals surface area contributed by atoms with Crippen LogP contribution in [0.4, 0.5) is 0 Å². The Kier molecular flexibility index (Phi) is 4.77. The molecule has 0 saturated heterocycles. The molecule has 3 heterocycles. The van der Waals surface area contributed by atoms with Crippen molar-refractivity contribution in [3.8, 4) is 11.3 Å². The van der Waals surface area contributed by atoms with Gasteiger partial charge in [-0.05, 0) is 30.5 Å². The molecule has 1 aliphatic rings. The monoisotopic (exact) mass is 399 g/mol. The molecule has 5 rings (SSSR count). The van der Waals surface area contributed by atoms with Crippen LogP contribution in [0.5, 0.6) is 0 Å². The molecule has 6 heteroatoms. The number of carbonyl (C=O) groups is 1. The van der Waals surface area contributed by atoms with Crippen LogP contribution in [0.3, 0.4) is 0 Å². The van der Waals surface area contributed by atoms with E-state index in [1.54, 1.807) is 6.07 Å². The lowest BCUT2D eigenvalue weighted by Crippen LogP contribution is -2.32. The van der Waals surface area contributed by atoms with Gasteiger partial charge in [-0.15, -0.1) is 0 Å². The number of hydrogen-bond acceptors (Lipinski definition) is 5. The van der Waals surface area contributed by atoms with E-state index in [-0.39, 0.29) is 12.0 Å². The third-order valence-corrected chi connectivity index (χ3v) is 5.47. The zero-order chi connectivity index (χ0) is 20.5. The van der Waals surface area contributed by atoms with Crippen molar-refractivity contribution in [3.05, 3.63) is 83.0 Å². The molecule has 150 valence electrons. The number of nitrogens with zero attached hydrogens (tertiary/aromatic N) is 2. The second-order valence-electron chi connectivity index (χ2n) is 7.39. The van der Waals surface area contributed by atoms with Gasteiger partial charge in [0.2, 0.25) is 0 Å². The summed E-state index contributed by atoms with van der Waals surface area (Å²) in [6, 6.07) is 19.7. The summed E-state index contributed by atoms with van der Waals surface area (Å²) in [6.07, 6.45) is 0.736. The first kappa shape index (κ1) is 18.5. The van der Waals surface area contributed by atoms with Gasteiger partial charge in [-0.1, -0.05) is 59.8 Å². The zero-order valence-electron chi connectivity index (χ0n) is 16.6. The van der Waals surface area contributed by atoms with E-state index in [9.17, 15) is 4.79 Å². The predicted octanol–water partition coefficient (Wildman–Crippen LogP) is 4.24. The highest BCUT2D eigenvalue weighted by Crippen LogP contribution is 2.28. The molecule has 2 aromatic carbocycles. The number of nitrogens with one attached hydrogen (secondary N) is 1. The Morgan fingerprint density at radius 3 is 2.80 bits per heavy atom. The van der Waals surface area contributed by atoms with Crippen molar-refractivity contribution in [1.29, 1.82) is 0 Å². The summed E-state index contributed by atoms with van der Waals surface area (Å²) in [6.45, 7) is 2.86. The first-order valence-corrected chi connectivity index (χ1v) is 10.0. The van der Waals surface area contributed by atoms with Gasteiger partial charge in [-0.3, -0.25) is 4.79 Å². The molecule has 4 aromatic rings. The van der Waals surface area contributed by atoms with Crippen molar-refractivity contribution in [1.82, 2.24) is 15.5 Å². The lowest BCUT2D eigenvalue weighted by atomic mass is 9.97. The number of hydrogen-bond donors (Lipinski definition) is 1. The summed E-state index contributed by atoms with van der Waals surface area (Å²) in [5, 5.41) is 7.68. The minimum absolute atomic E-state index is 0.159. The van der Waals surface area contributed by atoms with Gasteiger partial charge in [0.25, 0.3) is 11.6 Å². The van der Waals surface area contributed by atoms with Gasteiger partial charge < -0.3 is 14.6 Å². The number of pyridine rings is 1. The second-order valence-corrected chi connectivity index (χ2v) is 7.39. The molecule has 30 heavy (non-hydrogen) atoms. The van der Waals surface area contributed by atoms with Gasteiger partial charge in [0, 0.05) is 12.1 Å². The topological polar surface area (TPSA) is 77.2 Å². The fraction of sp³-hybridized carbons (Fsp3) is 0.208. The number of carbonyl (C=O) groups excluding carboxylic acids is 1. The van der Waals surface area contributed by atoms with Crippen LogP contribution >= 0.6 is 0 Å². The molecule has 0 spiro atoms. The molecule has 1 atom stereocenters. The Morgan fingerprint density at radius 2 is 1.93 bits per heavy atom. The number of fused-ring (bicyclic) bond motifs is 2. The highest BCUT2D eigenvalue weighted by Gasteiger charge is 2.23. The van der Waals surface area contributed by atoms with Crippen molar-refractivity contribution in [3.63, 3.8) is 0 Å². The molecule has 0 fully saturated rings. The van der Waals surface area contributed by atoms with Crippen molar-refractivity contribution in [2.45, 2.75) is 19.4 Å². The van der Waals surface area contributed by atoms with E-state index in [0.29, 0.717) is 41.2 Å². The van der Waals surface area contributed by atoms with Crippen molar-refractivity contribution in [2.75, 3.05) is 13.2 Å². The van der Waals surface area contributed by atoms with E-state index in [0.717, 1.165) is 17.5 Å². The Morgan fingerprint density at radius 1 is 1.13 bits per heavy atom. The van der Waals surface area contributed by atoms with Crippen LogP contribution in [0.2, 0.25) is 0 Å². The molecule has 1 amide bonds. The van der Waals surface area contributed by atoms with Crippen LogP contribution in [-0.2, 0) is 11.2 Å². The summed E-state index contributed by atoms with van der Waals surface area (Å²) >= 11 is 0. The molecule has 0 saturated carbocycles. The smallest absolute Gasteiger partial charge is 0.259 e. The Hall–Kier alpha value is -3.51. The van der Waals surface area contributed by atoms with Crippen molar-refractivity contribution in [2.24, 2.45) is 0 Å². The van der Waals surface area contributed by atoms with Crippen molar-refractivity contribution >= 4 is 17.0 Å². The van der Waals surface area contributed by atoms with Crippen molar-refractivity contribution < 1.29 is 14.1 Å². The molecule has 2 aromatic heterocycles. The number of ether oxygens (including phenoxy) is 1. The maximum absolute atomic E-state index is 13.2. The van der Waals surface area contributed by atoms with Gasteiger partial charge in [-0.2, -0.15) is 0 Å². The van der Waals surface area contributed by atoms with E-state index in [1.165, 1.54) is 5.56 Å². The fourth-order valence-electron chi connectivity index (χ4n) is 3.96. The quantitative estimate of drug-likeness (QED) is 0.555. The van der Waals surface area contributed by atoms with Gasteiger partial charge in [0.05, 0.1) is 28.9 Å². The van der Waals surface area contributed by atoms with E-state index in [4.69, 9.17) is 9.26 Å². The number of amides is 1. The summed E-state index contributed by atoms with van der Waals surface area (Å²) in [7, 11) is 0. The minimum atomic E-state index is -0.197. The number of rotatable bonds is 4. The molecule has 0 aliphatic carbocycles. The largest absolute Gasteiger partial charge is 0.371 e. The lowest BCUT2D eigenvalue weighted by molar-refractivity contribution is 0.0412. The summed E-state index contributed by atoms with van der Waals surface area (Å²) < 4.78 is 11.3. The molecule has 0 bridgehead atoms. The minimum Gasteiger partial charge on any atom is -0.371 e. The summed E-state index contributed by atoms with van der Waals surface area (Å²) in [5.74, 6) is -0.197. The maximum Gasteiger partial charge on any atom is 0.259 e. The lowest BCUT2D eigenvalue weighted by Gasteiger charge is -2.26. The van der Waals surface area contributed by atoms with Gasteiger partial charge in [0.15, 0.2) is 0 Å². The number of benzene rings is 2. The first-order valence-electron chi connectivity index (χ1n) is 10.0. The highest BCUT2D eigenvalue weighted by atomic mass is 16.5. The molecular weight excluding hydrogens is 378 g/mol. The average molecular weight is 399 g/mol. The predicted molar refractivity (Wildman–Crippen MR) is 113 cm³/mol. The normalized spacial score (nSPS) is 15.7. The molecule has 6 nitrogen and oxygen atoms in total. The Balaban J connectivity index is 1.46. The third-order valence-electron chi connectivity index (χ3n) is 5.47. The molecule has 0 radical (unpaired) electrons. The zero-order valence-corrected chi connectivity index (χ0v) is 16.6. The van der Waals surface area contributed by atoms with Crippen LogP contribution in [0, 0.1) is 6.92 Å². The van der Waals surface area contributed by atoms with E-state index in [2.05, 4.69) is 27.6 Å². The van der Waals surface area contributed by atoms with Crippen LogP contribution in [0.1, 0.15) is 33.3 Å². The number of aryl methyl sites for hydroxylation is 1. The van der Waals surface area contributed by atoms with Gasteiger partial charge in [-0.25, -0.2) is 4.98 Å².